The third-order valence-electron chi connectivity index (χ3n) is 0.681. The molecule has 0 rings (SSSR count). The molecule has 4 heteroatoms. The van der Waals surface area contributed by atoms with Gasteiger partial charge in [-0.2, -0.15) is 0 Å². The first-order valence-corrected chi connectivity index (χ1v) is 2.32. The van der Waals surface area contributed by atoms with E-state index in [9.17, 15) is 14.7 Å². The molecule has 0 aromatic heterocycles. The number of hydrogen-bond acceptors (Lipinski definition) is 3. The van der Waals surface area contributed by atoms with Crippen molar-refractivity contribution in [1.82, 2.24) is 0 Å². The average Bonchev–Trinajstić information content (AvgIpc) is 1.61. The van der Waals surface area contributed by atoms with E-state index in [1.54, 1.807) is 0 Å². The first-order chi connectivity index (χ1) is 3.63. The zero-order valence-electron chi connectivity index (χ0n) is 4.94. The first kappa shape index (κ1) is 11.6. The molecule has 0 aromatic rings. The Balaban J connectivity index is 0. The van der Waals surface area contributed by atoms with Crippen LogP contribution >= 0.6 is 0 Å². The van der Waals surface area contributed by atoms with Gasteiger partial charge >= 0.3 is 22.4 Å². The Morgan fingerprint density at radius 3 is 1.89 bits per heavy atom. The summed E-state index contributed by atoms with van der Waals surface area (Å²) in [5.74, 6) is -1.28. The van der Waals surface area contributed by atoms with Gasteiger partial charge in [0.2, 0.25) is 0 Å². The van der Waals surface area contributed by atoms with E-state index in [2.05, 4.69) is 0 Å². The van der Waals surface area contributed by atoms with Crippen LogP contribution in [0.1, 0.15) is 19.8 Å². The summed E-state index contributed by atoms with van der Waals surface area (Å²) >= 11 is 0. The van der Waals surface area contributed by atoms with E-state index in [4.69, 9.17) is 0 Å². The Morgan fingerprint density at radius 1 is 1.33 bits per heavy atom. The smallest absolute Gasteiger partial charge is 0.550 e. The van der Waals surface area contributed by atoms with Gasteiger partial charge in [-0.1, -0.05) is 0 Å². The molecule has 0 N–H and O–H groups in total. The molecular formula is C5H7AgO3. The van der Waals surface area contributed by atoms with Gasteiger partial charge < -0.3 is 14.7 Å². The van der Waals surface area contributed by atoms with Crippen molar-refractivity contribution in [3.63, 3.8) is 0 Å². The van der Waals surface area contributed by atoms with Crippen LogP contribution in [0.4, 0.5) is 0 Å². The molecule has 0 aliphatic carbocycles. The minimum Gasteiger partial charge on any atom is -0.550 e. The van der Waals surface area contributed by atoms with Gasteiger partial charge in [0.05, 0.1) is 0 Å². The number of carbonyl (C=O) groups excluding carboxylic acids is 2. The third-order valence-corrected chi connectivity index (χ3v) is 0.681. The van der Waals surface area contributed by atoms with Crippen LogP contribution < -0.4 is 5.11 Å². The third kappa shape index (κ3) is 11.4. The van der Waals surface area contributed by atoms with Crippen LogP contribution in [0.15, 0.2) is 0 Å². The molecule has 0 saturated carbocycles. The van der Waals surface area contributed by atoms with Crippen molar-refractivity contribution >= 4 is 11.8 Å². The Kier molecular flexibility index (Phi) is 7.78. The van der Waals surface area contributed by atoms with Gasteiger partial charge in [0.1, 0.15) is 5.78 Å². The summed E-state index contributed by atoms with van der Waals surface area (Å²) < 4.78 is 0. The van der Waals surface area contributed by atoms with E-state index >= 15 is 0 Å². The molecular weight excluding hydrogens is 216 g/mol. The summed E-state index contributed by atoms with van der Waals surface area (Å²) in [4.78, 5) is 19.7. The van der Waals surface area contributed by atoms with Crippen molar-refractivity contribution < 1.29 is 37.1 Å². The summed E-state index contributed by atoms with van der Waals surface area (Å²) in [7, 11) is 0. The van der Waals surface area contributed by atoms with E-state index in [0.717, 1.165) is 0 Å². The molecule has 0 aliphatic rings. The van der Waals surface area contributed by atoms with Crippen molar-refractivity contribution in [3.05, 3.63) is 0 Å². The van der Waals surface area contributed by atoms with Crippen molar-refractivity contribution in [3.8, 4) is 0 Å². The maximum Gasteiger partial charge on any atom is 1.00 e. The molecule has 0 radical (unpaired) electrons. The topological polar surface area (TPSA) is 57.2 Å². The molecule has 9 heavy (non-hydrogen) atoms. The van der Waals surface area contributed by atoms with Crippen LogP contribution in [-0.4, -0.2) is 11.8 Å². The predicted molar refractivity (Wildman–Crippen MR) is 24.9 cm³/mol. The zero-order chi connectivity index (χ0) is 6.57. The number of carboxylic acids is 1. The molecule has 56 valence electrons. The van der Waals surface area contributed by atoms with Gasteiger partial charge in [-0.05, 0) is 13.3 Å². The van der Waals surface area contributed by atoms with Crippen molar-refractivity contribution in [2.45, 2.75) is 19.8 Å². The van der Waals surface area contributed by atoms with Crippen molar-refractivity contribution in [2.24, 2.45) is 0 Å². The summed E-state index contributed by atoms with van der Waals surface area (Å²) in [6, 6.07) is 0. The SMILES string of the molecule is CC(=O)CCC(=O)[O-].[Ag+]. The maximum atomic E-state index is 10.1. The standard InChI is InChI=1S/C5H8O3.Ag/c1-4(6)2-3-5(7)8;/h2-3H2,1H3,(H,7,8);/q;+1/p-1. The second kappa shape index (κ2) is 6.01. The Labute approximate surface area is 68.9 Å². The second-order valence-corrected chi connectivity index (χ2v) is 1.57. The molecule has 0 saturated heterocycles. The molecule has 0 spiro atoms. The maximum absolute atomic E-state index is 10.1. The molecule has 0 fully saturated rings. The molecule has 0 heterocycles. The van der Waals surface area contributed by atoms with E-state index in [1.807, 2.05) is 0 Å². The quantitative estimate of drug-likeness (QED) is 0.582. The molecule has 0 unspecified atom stereocenters. The number of Topliss-reactive ketones (excluding diaryl/α,β-unsaturated/α-hetero) is 1. The summed E-state index contributed by atoms with van der Waals surface area (Å²) in [5.41, 5.74) is 0. The average molecular weight is 223 g/mol. The largest absolute Gasteiger partial charge is 1.00 e. The molecule has 3 nitrogen and oxygen atoms in total. The van der Waals surface area contributed by atoms with Gasteiger partial charge in [0, 0.05) is 12.4 Å². The fourth-order valence-corrected chi connectivity index (χ4v) is 0.278. The predicted octanol–water partition coefficient (Wildman–Crippen LogP) is -0.897. The van der Waals surface area contributed by atoms with Crippen LogP contribution in [0.5, 0.6) is 0 Å². The van der Waals surface area contributed by atoms with Crippen LogP contribution in [-0.2, 0) is 32.0 Å². The van der Waals surface area contributed by atoms with Crippen LogP contribution in [0.2, 0.25) is 0 Å². The number of rotatable bonds is 3. The van der Waals surface area contributed by atoms with Gasteiger partial charge in [0.25, 0.3) is 0 Å². The molecule has 0 bridgehead atoms. The van der Waals surface area contributed by atoms with E-state index in [0.29, 0.717) is 0 Å². The van der Waals surface area contributed by atoms with Crippen LogP contribution in [0.3, 0.4) is 0 Å². The van der Waals surface area contributed by atoms with Gasteiger partial charge in [-0.3, -0.25) is 0 Å². The normalized spacial score (nSPS) is 7.67. The van der Waals surface area contributed by atoms with Crippen molar-refractivity contribution in [2.75, 3.05) is 0 Å². The minimum atomic E-state index is -1.17. The molecule has 0 aromatic carbocycles. The Hall–Kier alpha value is -0.120. The number of carbonyl (C=O) groups is 2. The fraction of sp³-hybridized carbons (Fsp3) is 0.600. The molecule has 0 amide bonds. The van der Waals surface area contributed by atoms with Crippen molar-refractivity contribution in [1.29, 1.82) is 0 Å². The second-order valence-electron chi connectivity index (χ2n) is 1.57. The Bertz CT molecular complexity index is 96.8. The van der Waals surface area contributed by atoms with Gasteiger partial charge in [0.15, 0.2) is 0 Å². The fourth-order valence-electron chi connectivity index (χ4n) is 0.278. The van der Waals surface area contributed by atoms with Gasteiger partial charge in [-0.15, -0.1) is 0 Å². The van der Waals surface area contributed by atoms with E-state index in [-0.39, 0.29) is 41.0 Å². The minimum absolute atomic E-state index is 0. The van der Waals surface area contributed by atoms with Gasteiger partial charge in [-0.25, -0.2) is 0 Å². The Morgan fingerprint density at radius 2 is 1.78 bits per heavy atom. The summed E-state index contributed by atoms with van der Waals surface area (Å²) in [6.07, 6.45) is -0.0718. The summed E-state index contributed by atoms with van der Waals surface area (Å²) in [5, 5.41) is 9.64. The molecule has 0 aliphatic heterocycles. The summed E-state index contributed by atoms with van der Waals surface area (Å²) in [6.45, 7) is 1.35. The van der Waals surface area contributed by atoms with E-state index in [1.165, 1.54) is 6.92 Å². The number of carboxylic acid groups (broad SMARTS) is 1. The molecule has 0 atom stereocenters. The zero-order valence-corrected chi connectivity index (χ0v) is 6.42. The van der Waals surface area contributed by atoms with Crippen LogP contribution in [0, 0.1) is 0 Å². The van der Waals surface area contributed by atoms with Crippen LogP contribution in [0.25, 0.3) is 0 Å². The van der Waals surface area contributed by atoms with E-state index < -0.39 is 5.97 Å². The first-order valence-electron chi connectivity index (χ1n) is 2.32. The number of aliphatic carboxylic acids is 1. The number of hydrogen-bond donors (Lipinski definition) is 0. The number of ketones is 1. The monoisotopic (exact) mass is 222 g/mol.